The summed E-state index contributed by atoms with van der Waals surface area (Å²) in [4.78, 5) is 2.57. The zero-order valence-electron chi connectivity index (χ0n) is 30.0. The van der Waals surface area contributed by atoms with E-state index in [0.29, 0.717) is 5.92 Å². The first kappa shape index (κ1) is 31.4. The van der Waals surface area contributed by atoms with Crippen LogP contribution in [0.15, 0.2) is 194 Å². The molecule has 8 aromatic rings. The second-order valence-electron chi connectivity index (χ2n) is 15.0. The number of hydrogen-bond acceptors (Lipinski definition) is 1. The summed E-state index contributed by atoms with van der Waals surface area (Å²) < 4.78 is 2.38. The predicted molar refractivity (Wildman–Crippen MR) is 224 cm³/mol. The number of nitrogens with zero attached hydrogens (tertiary/aromatic N) is 2. The Morgan fingerprint density at radius 1 is 0.509 bits per heavy atom. The van der Waals surface area contributed by atoms with Crippen LogP contribution in [-0.2, 0) is 5.41 Å². The highest BCUT2D eigenvalue weighted by Gasteiger charge is 2.48. The number of anilines is 2. The number of fused-ring (bicyclic) bond motifs is 6. The third-order valence-electron chi connectivity index (χ3n) is 11.7. The van der Waals surface area contributed by atoms with Crippen molar-refractivity contribution in [3.63, 3.8) is 0 Å². The van der Waals surface area contributed by atoms with Gasteiger partial charge in [0.25, 0.3) is 0 Å². The maximum Gasteiger partial charge on any atom is 0.0602 e. The second-order valence-corrected chi connectivity index (χ2v) is 15.0. The number of para-hydroxylation sites is 2. The summed E-state index contributed by atoms with van der Waals surface area (Å²) in [6.45, 7) is 4.85. The smallest absolute Gasteiger partial charge is 0.0602 e. The Bertz CT molecular complexity index is 2680. The van der Waals surface area contributed by atoms with Gasteiger partial charge in [0.2, 0.25) is 0 Å². The lowest BCUT2D eigenvalue weighted by atomic mass is 9.71. The van der Waals surface area contributed by atoms with Crippen molar-refractivity contribution in [2.75, 3.05) is 4.90 Å². The molecule has 0 aliphatic heterocycles. The minimum atomic E-state index is -0.0334. The van der Waals surface area contributed by atoms with E-state index in [0.717, 1.165) is 0 Å². The lowest BCUT2D eigenvalue weighted by Gasteiger charge is -2.43. The number of hydrogen-bond donors (Lipinski definition) is 0. The molecule has 0 bridgehead atoms. The van der Waals surface area contributed by atoms with E-state index >= 15 is 0 Å². The van der Waals surface area contributed by atoms with Gasteiger partial charge in [0.15, 0.2) is 0 Å². The van der Waals surface area contributed by atoms with Gasteiger partial charge >= 0.3 is 0 Å². The second kappa shape index (κ2) is 12.4. The van der Waals surface area contributed by atoms with Crippen molar-refractivity contribution < 1.29 is 0 Å². The van der Waals surface area contributed by atoms with Crippen LogP contribution in [0.5, 0.6) is 0 Å². The van der Waals surface area contributed by atoms with Crippen molar-refractivity contribution in [1.29, 1.82) is 0 Å². The molecule has 0 fully saturated rings. The first-order valence-electron chi connectivity index (χ1n) is 18.7. The Balaban J connectivity index is 1.07. The van der Waals surface area contributed by atoms with E-state index in [4.69, 9.17) is 0 Å². The van der Waals surface area contributed by atoms with E-state index < -0.39 is 0 Å². The Labute approximate surface area is 311 Å². The van der Waals surface area contributed by atoms with Gasteiger partial charge in [0.05, 0.1) is 17.1 Å². The average Bonchev–Trinajstić information content (AvgIpc) is 3.68. The number of allylic oxidation sites excluding steroid dienone is 2. The molecule has 2 heteroatoms. The summed E-state index contributed by atoms with van der Waals surface area (Å²) in [7, 11) is 0. The van der Waals surface area contributed by atoms with Crippen LogP contribution in [0.3, 0.4) is 0 Å². The Morgan fingerprint density at radius 2 is 1.08 bits per heavy atom. The van der Waals surface area contributed by atoms with Crippen molar-refractivity contribution in [2.45, 2.75) is 25.3 Å². The first-order valence-corrected chi connectivity index (χ1v) is 18.7. The fourth-order valence-electron chi connectivity index (χ4n) is 9.20. The van der Waals surface area contributed by atoms with Crippen LogP contribution >= 0.6 is 0 Å². The van der Waals surface area contributed by atoms with Gasteiger partial charge in [-0.25, -0.2) is 0 Å². The molecule has 2 atom stereocenters. The van der Waals surface area contributed by atoms with Crippen molar-refractivity contribution in [3.8, 4) is 27.9 Å². The molecule has 1 heterocycles. The van der Waals surface area contributed by atoms with E-state index in [1.165, 1.54) is 77.8 Å². The maximum atomic E-state index is 2.57. The molecule has 0 saturated carbocycles. The average molecular weight is 681 g/mol. The maximum absolute atomic E-state index is 2.57. The lowest BCUT2D eigenvalue weighted by molar-refractivity contribution is 0.379. The van der Waals surface area contributed by atoms with Crippen molar-refractivity contribution in [3.05, 3.63) is 205 Å². The van der Waals surface area contributed by atoms with Gasteiger partial charge < -0.3 is 9.47 Å². The monoisotopic (exact) mass is 680 g/mol. The molecule has 254 valence electrons. The van der Waals surface area contributed by atoms with Crippen molar-refractivity contribution in [2.24, 2.45) is 5.92 Å². The molecule has 0 N–H and O–H groups in total. The van der Waals surface area contributed by atoms with Crippen LogP contribution in [0.2, 0.25) is 0 Å². The van der Waals surface area contributed by atoms with Crippen LogP contribution in [0, 0.1) is 5.92 Å². The Kier molecular flexibility index (Phi) is 7.33. The predicted octanol–water partition coefficient (Wildman–Crippen LogP) is 13.2. The van der Waals surface area contributed by atoms with Gasteiger partial charge in [0, 0.05) is 33.8 Å². The first-order chi connectivity index (χ1) is 26.1. The zero-order valence-corrected chi connectivity index (χ0v) is 30.0. The highest BCUT2D eigenvalue weighted by atomic mass is 15.2. The summed E-state index contributed by atoms with van der Waals surface area (Å²) in [5, 5.41) is 2.53. The number of benzene rings is 7. The molecule has 7 aromatic carbocycles. The highest BCUT2D eigenvalue weighted by molar-refractivity contribution is 6.10. The van der Waals surface area contributed by atoms with E-state index in [-0.39, 0.29) is 11.5 Å². The normalized spacial score (nSPS) is 17.1. The van der Waals surface area contributed by atoms with E-state index in [2.05, 4.69) is 217 Å². The van der Waals surface area contributed by atoms with Crippen LogP contribution in [0.25, 0.3) is 55.3 Å². The summed E-state index contributed by atoms with van der Waals surface area (Å²) in [6.07, 6.45) is 7.03. The van der Waals surface area contributed by atoms with Crippen LogP contribution in [0.4, 0.5) is 11.4 Å². The standard InChI is InChI=1S/C51H40N2/c1-51(2)46-21-11-9-18-42(46)44-20-13-23-49(50(44)51)52(40-29-24-36(25-30-40)35-14-5-3-6-15-35)41-31-26-37(27-32-41)38-28-33-48-45(34-38)43-19-10-12-22-47(43)53(48)39-16-7-4-8-17-39/h3-34,49-50H,1-2H3. The van der Waals surface area contributed by atoms with E-state index in [1.807, 2.05) is 0 Å². The molecule has 53 heavy (non-hydrogen) atoms. The summed E-state index contributed by atoms with van der Waals surface area (Å²) >= 11 is 0. The number of rotatable bonds is 6. The minimum Gasteiger partial charge on any atom is -0.334 e. The molecule has 0 spiro atoms. The molecule has 2 aliphatic carbocycles. The summed E-state index contributed by atoms with van der Waals surface area (Å²) in [5.74, 6) is 0.294. The fraction of sp³-hybridized carbons (Fsp3) is 0.0980. The third-order valence-corrected chi connectivity index (χ3v) is 11.7. The van der Waals surface area contributed by atoms with Crippen LogP contribution in [0.1, 0.15) is 25.0 Å². The Hall–Kier alpha value is -6.38. The van der Waals surface area contributed by atoms with Crippen LogP contribution < -0.4 is 4.90 Å². The molecule has 0 saturated heterocycles. The largest absolute Gasteiger partial charge is 0.334 e. The number of aromatic nitrogens is 1. The molecule has 2 aliphatic rings. The lowest BCUT2D eigenvalue weighted by Crippen LogP contribution is -2.43. The molecule has 0 amide bonds. The molecule has 10 rings (SSSR count). The SMILES string of the molecule is CC1(C)c2ccccc2C2=CC=CC(N(c3ccc(-c4ccccc4)cc3)c3ccc(-c4ccc5c(c4)c4ccccc4n5-c4ccccc4)cc3)C21. The quantitative estimate of drug-likeness (QED) is 0.170. The van der Waals surface area contributed by atoms with E-state index in [9.17, 15) is 0 Å². The molecular formula is C51H40N2. The van der Waals surface area contributed by atoms with Gasteiger partial charge in [-0.2, -0.15) is 0 Å². The van der Waals surface area contributed by atoms with E-state index in [1.54, 1.807) is 0 Å². The molecule has 0 radical (unpaired) electrons. The van der Waals surface area contributed by atoms with Crippen molar-refractivity contribution in [1.82, 2.24) is 4.57 Å². The minimum absolute atomic E-state index is 0.0334. The van der Waals surface area contributed by atoms with Crippen molar-refractivity contribution >= 4 is 38.8 Å². The topological polar surface area (TPSA) is 8.17 Å². The van der Waals surface area contributed by atoms with Gasteiger partial charge in [-0.05, 0) is 99.0 Å². The third kappa shape index (κ3) is 5.09. The fourth-order valence-corrected chi connectivity index (χ4v) is 9.20. The van der Waals surface area contributed by atoms with Gasteiger partial charge in [-0.15, -0.1) is 0 Å². The zero-order chi connectivity index (χ0) is 35.5. The highest BCUT2D eigenvalue weighted by Crippen LogP contribution is 2.55. The summed E-state index contributed by atoms with van der Waals surface area (Å²) in [6, 6.07) is 64.5. The van der Waals surface area contributed by atoms with Gasteiger partial charge in [0.1, 0.15) is 0 Å². The summed E-state index contributed by atoms with van der Waals surface area (Å²) in [5.41, 5.74) is 15.1. The molecular weight excluding hydrogens is 641 g/mol. The van der Waals surface area contributed by atoms with Gasteiger partial charge in [-0.3, -0.25) is 0 Å². The van der Waals surface area contributed by atoms with Crippen LogP contribution in [-0.4, -0.2) is 10.6 Å². The molecule has 2 nitrogen and oxygen atoms in total. The van der Waals surface area contributed by atoms with Gasteiger partial charge in [-0.1, -0.05) is 153 Å². The molecule has 1 aromatic heterocycles. The Morgan fingerprint density at radius 3 is 1.81 bits per heavy atom. The molecule has 2 unspecified atom stereocenters.